The van der Waals surface area contributed by atoms with Crippen LogP contribution in [0.3, 0.4) is 0 Å². The van der Waals surface area contributed by atoms with Gasteiger partial charge in [-0.05, 0) is 18.2 Å². The molecule has 96 valence electrons. The molecule has 0 aromatic carbocycles. The summed E-state index contributed by atoms with van der Waals surface area (Å²) < 4.78 is 5.85. The predicted octanol–water partition coefficient (Wildman–Crippen LogP) is 2.31. The molecule has 0 unspecified atom stereocenters. The van der Waals surface area contributed by atoms with Gasteiger partial charge in [-0.1, -0.05) is 18.3 Å². The summed E-state index contributed by atoms with van der Waals surface area (Å²) in [6, 6.07) is 1.71. The standard InChI is InChI=1S/C10H13N5OS2/c1-3-5-11-9-14-15-10(18-9)17-8-12-6-4-7(13-8)16-2/h4,6H,3,5H2,1-2H3,(H,11,14). The Morgan fingerprint density at radius 3 is 3.11 bits per heavy atom. The van der Waals surface area contributed by atoms with E-state index in [1.54, 1.807) is 19.4 Å². The Morgan fingerprint density at radius 2 is 2.33 bits per heavy atom. The minimum absolute atomic E-state index is 0.543. The molecule has 6 nitrogen and oxygen atoms in total. The van der Waals surface area contributed by atoms with Crippen molar-refractivity contribution in [2.45, 2.75) is 22.8 Å². The van der Waals surface area contributed by atoms with Crippen molar-refractivity contribution in [1.29, 1.82) is 0 Å². The fraction of sp³-hybridized carbons (Fsp3) is 0.400. The van der Waals surface area contributed by atoms with E-state index < -0.39 is 0 Å². The lowest BCUT2D eigenvalue weighted by atomic mass is 10.5. The fourth-order valence-electron chi connectivity index (χ4n) is 1.12. The van der Waals surface area contributed by atoms with Crippen LogP contribution in [0, 0.1) is 0 Å². The second-order valence-electron chi connectivity index (χ2n) is 3.28. The van der Waals surface area contributed by atoms with E-state index in [9.17, 15) is 0 Å². The SMILES string of the molecule is CCCNc1nnc(Sc2nccc(OC)n2)s1. The van der Waals surface area contributed by atoms with Gasteiger partial charge in [0.25, 0.3) is 0 Å². The van der Waals surface area contributed by atoms with E-state index in [1.807, 2.05) is 0 Å². The maximum absolute atomic E-state index is 5.04. The van der Waals surface area contributed by atoms with Crippen LogP contribution < -0.4 is 10.1 Å². The topological polar surface area (TPSA) is 72.8 Å². The molecule has 0 spiro atoms. The number of rotatable bonds is 6. The quantitative estimate of drug-likeness (QED) is 0.815. The van der Waals surface area contributed by atoms with Crippen LogP contribution in [0.2, 0.25) is 0 Å². The highest BCUT2D eigenvalue weighted by Crippen LogP contribution is 2.30. The Morgan fingerprint density at radius 1 is 1.44 bits per heavy atom. The first kappa shape index (κ1) is 13.0. The van der Waals surface area contributed by atoms with Crippen molar-refractivity contribution >= 4 is 28.2 Å². The number of methoxy groups -OCH3 is 1. The van der Waals surface area contributed by atoms with Crippen LogP contribution in [0.5, 0.6) is 5.88 Å². The molecule has 2 aromatic rings. The van der Waals surface area contributed by atoms with Gasteiger partial charge in [0.15, 0.2) is 9.50 Å². The molecule has 2 aromatic heterocycles. The predicted molar refractivity (Wildman–Crippen MR) is 71.4 cm³/mol. The Hall–Kier alpha value is -1.41. The van der Waals surface area contributed by atoms with Crippen LogP contribution in [0.15, 0.2) is 21.8 Å². The van der Waals surface area contributed by atoms with Gasteiger partial charge in [-0.3, -0.25) is 0 Å². The summed E-state index contributed by atoms with van der Waals surface area (Å²) in [7, 11) is 1.58. The highest BCUT2D eigenvalue weighted by atomic mass is 32.2. The number of hydrogen-bond acceptors (Lipinski definition) is 8. The van der Waals surface area contributed by atoms with E-state index in [0.29, 0.717) is 11.0 Å². The lowest BCUT2D eigenvalue weighted by Crippen LogP contribution is -1.98. The van der Waals surface area contributed by atoms with E-state index in [0.717, 1.165) is 22.4 Å². The maximum Gasteiger partial charge on any atom is 0.217 e. The second-order valence-corrected chi connectivity index (χ2v) is 5.48. The average molecular weight is 283 g/mol. The van der Waals surface area contributed by atoms with Crippen molar-refractivity contribution in [2.24, 2.45) is 0 Å². The van der Waals surface area contributed by atoms with Gasteiger partial charge in [0.2, 0.25) is 11.0 Å². The lowest BCUT2D eigenvalue weighted by molar-refractivity contribution is 0.392. The number of nitrogens with one attached hydrogen (secondary N) is 1. The van der Waals surface area contributed by atoms with Crippen LogP contribution >= 0.6 is 23.1 Å². The van der Waals surface area contributed by atoms with Gasteiger partial charge >= 0.3 is 0 Å². The first-order valence-corrected chi connectivity index (χ1v) is 7.07. The third-order valence-corrected chi connectivity index (χ3v) is 3.74. The van der Waals surface area contributed by atoms with Crippen LogP contribution in [-0.4, -0.2) is 33.8 Å². The summed E-state index contributed by atoms with van der Waals surface area (Å²) in [5.74, 6) is 0.543. The van der Waals surface area contributed by atoms with Crippen molar-refractivity contribution in [3.63, 3.8) is 0 Å². The molecule has 0 saturated carbocycles. The van der Waals surface area contributed by atoms with E-state index in [4.69, 9.17) is 4.74 Å². The molecule has 0 saturated heterocycles. The monoisotopic (exact) mass is 283 g/mol. The highest BCUT2D eigenvalue weighted by molar-refractivity contribution is 8.00. The van der Waals surface area contributed by atoms with E-state index in [1.165, 1.54) is 23.1 Å². The van der Waals surface area contributed by atoms with Crippen LogP contribution in [-0.2, 0) is 0 Å². The molecule has 0 bridgehead atoms. The number of aromatic nitrogens is 4. The maximum atomic E-state index is 5.04. The summed E-state index contributed by atoms with van der Waals surface area (Å²) in [6.45, 7) is 3.00. The fourth-order valence-corrected chi connectivity index (χ4v) is 2.74. The minimum atomic E-state index is 0.543. The Labute approximate surface area is 113 Å². The molecule has 1 N–H and O–H groups in total. The van der Waals surface area contributed by atoms with Crippen molar-refractivity contribution in [2.75, 3.05) is 19.0 Å². The molecule has 18 heavy (non-hydrogen) atoms. The molecule has 0 fully saturated rings. The van der Waals surface area contributed by atoms with Crippen molar-refractivity contribution < 1.29 is 4.74 Å². The van der Waals surface area contributed by atoms with Crippen molar-refractivity contribution in [3.8, 4) is 5.88 Å². The Kier molecular flexibility index (Phi) is 4.71. The van der Waals surface area contributed by atoms with Gasteiger partial charge in [-0.15, -0.1) is 10.2 Å². The Bertz CT molecular complexity index is 505. The largest absolute Gasteiger partial charge is 0.481 e. The number of ether oxygens (including phenoxy) is 1. The zero-order valence-corrected chi connectivity index (χ0v) is 11.7. The Balaban J connectivity index is 2.01. The molecule has 0 atom stereocenters. The van der Waals surface area contributed by atoms with Crippen molar-refractivity contribution in [3.05, 3.63) is 12.3 Å². The van der Waals surface area contributed by atoms with Crippen LogP contribution in [0.25, 0.3) is 0 Å². The normalized spacial score (nSPS) is 10.3. The number of anilines is 1. The first-order chi connectivity index (χ1) is 8.81. The second kappa shape index (κ2) is 6.50. The zero-order valence-electron chi connectivity index (χ0n) is 10.1. The highest BCUT2D eigenvalue weighted by Gasteiger charge is 2.08. The van der Waals surface area contributed by atoms with Crippen molar-refractivity contribution in [1.82, 2.24) is 20.2 Å². The molecule has 8 heteroatoms. The van der Waals surface area contributed by atoms with Gasteiger partial charge in [-0.25, -0.2) is 4.98 Å². The number of hydrogen-bond donors (Lipinski definition) is 1. The summed E-state index contributed by atoms with van der Waals surface area (Å²) in [4.78, 5) is 8.35. The van der Waals surface area contributed by atoms with Gasteiger partial charge in [-0.2, -0.15) is 4.98 Å². The van der Waals surface area contributed by atoms with Crippen LogP contribution in [0.4, 0.5) is 5.13 Å². The van der Waals surface area contributed by atoms with Gasteiger partial charge in [0.1, 0.15) is 0 Å². The van der Waals surface area contributed by atoms with E-state index in [2.05, 4.69) is 32.4 Å². The van der Waals surface area contributed by atoms with Gasteiger partial charge in [0.05, 0.1) is 7.11 Å². The summed E-state index contributed by atoms with van der Waals surface area (Å²) in [5.41, 5.74) is 0. The summed E-state index contributed by atoms with van der Waals surface area (Å²) in [6.07, 6.45) is 2.71. The lowest BCUT2D eigenvalue weighted by Gasteiger charge is -1.99. The molecule has 2 heterocycles. The average Bonchev–Trinajstić information content (AvgIpc) is 2.84. The van der Waals surface area contributed by atoms with E-state index in [-0.39, 0.29) is 0 Å². The van der Waals surface area contributed by atoms with Crippen LogP contribution in [0.1, 0.15) is 13.3 Å². The molecule has 0 aliphatic rings. The molecule has 0 aliphatic heterocycles. The minimum Gasteiger partial charge on any atom is -0.481 e. The molecule has 2 rings (SSSR count). The molecular weight excluding hydrogens is 270 g/mol. The zero-order chi connectivity index (χ0) is 12.8. The molecule has 0 amide bonds. The van der Waals surface area contributed by atoms with E-state index >= 15 is 0 Å². The molecular formula is C10H13N5OS2. The third kappa shape index (κ3) is 3.54. The molecule has 0 aliphatic carbocycles. The smallest absolute Gasteiger partial charge is 0.217 e. The number of nitrogens with zero attached hydrogens (tertiary/aromatic N) is 4. The van der Waals surface area contributed by atoms with Gasteiger partial charge < -0.3 is 10.1 Å². The first-order valence-electron chi connectivity index (χ1n) is 5.44. The summed E-state index contributed by atoms with van der Waals surface area (Å²) in [5, 5.41) is 12.7. The summed E-state index contributed by atoms with van der Waals surface area (Å²) >= 11 is 2.86. The third-order valence-electron chi connectivity index (χ3n) is 1.93. The van der Waals surface area contributed by atoms with Gasteiger partial charge in [0, 0.05) is 18.8 Å². The molecule has 0 radical (unpaired) electrons.